The molecule has 0 saturated carbocycles. The van der Waals surface area contributed by atoms with Crippen molar-refractivity contribution in [3.05, 3.63) is 53.2 Å². The van der Waals surface area contributed by atoms with Crippen molar-refractivity contribution in [3.63, 3.8) is 0 Å². The van der Waals surface area contributed by atoms with Crippen molar-refractivity contribution in [1.82, 2.24) is 0 Å². The number of hydrogen-bond donors (Lipinski definition) is 2. The first kappa shape index (κ1) is 17.3. The fraction of sp³-hybridized carbons (Fsp3) is 0.158. The maximum absolute atomic E-state index is 12.7. The number of benzene rings is 2. The van der Waals surface area contributed by atoms with Crippen molar-refractivity contribution < 1.29 is 28.9 Å². The minimum Gasteiger partial charge on any atom is -0.507 e. The molecule has 1 aliphatic carbocycles. The van der Waals surface area contributed by atoms with Crippen LogP contribution in [0.4, 0.5) is 5.69 Å². The van der Waals surface area contributed by atoms with Gasteiger partial charge < -0.3 is 24.6 Å². The summed E-state index contributed by atoms with van der Waals surface area (Å²) in [6.07, 6.45) is 1.16. The van der Waals surface area contributed by atoms with Crippen molar-refractivity contribution in [2.45, 2.75) is 0 Å². The summed E-state index contributed by atoms with van der Waals surface area (Å²) in [6, 6.07) is 7.63. The van der Waals surface area contributed by atoms with Gasteiger partial charge in [-0.1, -0.05) is 6.07 Å². The summed E-state index contributed by atoms with van der Waals surface area (Å²) in [4.78, 5) is 25.0. The highest BCUT2D eigenvalue weighted by atomic mass is 16.5. The molecule has 0 spiro atoms. The van der Waals surface area contributed by atoms with Crippen LogP contribution in [0.5, 0.6) is 23.0 Å². The second kappa shape index (κ2) is 6.79. The molecule has 2 N–H and O–H groups in total. The van der Waals surface area contributed by atoms with E-state index in [4.69, 9.17) is 14.2 Å². The van der Waals surface area contributed by atoms with Gasteiger partial charge in [0.15, 0.2) is 17.3 Å². The number of anilines is 1. The molecule has 26 heavy (non-hydrogen) atoms. The zero-order chi connectivity index (χ0) is 18.8. The molecule has 2 aromatic rings. The Labute approximate surface area is 149 Å². The molecule has 2 aromatic carbocycles. The van der Waals surface area contributed by atoms with E-state index in [1.807, 2.05) is 0 Å². The Morgan fingerprint density at radius 1 is 0.962 bits per heavy atom. The molecule has 1 aliphatic rings. The number of hydrogen-bond acceptors (Lipinski definition) is 7. The van der Waals surface area contributed by atoms with E-state index in [0.717, 1.165) is 6.08 Å². The van der Waals surface area contributed by atoms with Crippen LogP contribution in [0.1, 0.15) is 20.7 Å². The van der Waals surface area contributed by atoms with Crippen LogP contribution in [0.3, 0.4) is 0 Å². The number of ether oxygens (including phenoxy) is 3. The largest absolute Gasteiger partial charge is 0.507 e. The molecule has 0 fully saturated rings. The van der Waals surface area contributed by atoms with Gasteiger partial charge in [0.1, 0.15) is 5.75 Å². The summed E-state index contributed by atoms with van der Waals surface area (Å²) in [7, 11) is 4.45. The first-order valence-electron chi connectivity index (χ1n) is 7.70. The highest BCUT2D eigenvalue weighted by Gasteiger charge is 2.28. The van der Waals surface area contributed by atoms with Crippen molar-refractivity contribution in [2.75, 3.05) is 26.6 Å². The van der Waals surface area contributed by atoms with Gasteiger partial charge in [0, 0.05) is 29.5 Å². The second-order valence-corrected chi connectivity index (χ2v) is 5.49. The van der Waals surface area contributed by atoms with E-state index in [9.17, 15) is 14.7 Å². The van der Waals surface area contributed by atoms with Gasteiger partial charge in [0.2, 0.25) is 11.5 Å². The summed E-state index contributed by atoms with van der Waals surface area (Å²) in [6.45, 7) is 0. The predicted octanol–water partition coefficient (Wildman–Crippen LogP) is 2.79. The molecular weight excluding hydrogens is 338 g/mol. The number of phenols is 1. The van der Waals surface area contributed by atoms with Crippen LogP contribution in [0, 0.1) is 0 Å². The van der Waals surface area contributed by atoms with E-state index in [-0.39, 0.29) is 22.6 Å². The normalized spacial score (nSPS) is 13.0. The fourth-order valence-corrected chi connectivity index (χ4v) is 2.80. The van der Waals surface area contributed by atoms with E-state index < -0.39 is 11.6 Å². The van der Waals surface area contributed by atoms with Crippen molar-refractivity contribution in [2.24, 2.45) is 0 Å². The standard InChI is InChI=1S/C19H17NO6/c1-24-15-7-10(8-16(25-2)19(15)26-3)20-12-9-14(22)17-11(18(12)23)5-4-6-13(17)21/h4-9,20-21H,1-3H3. The Hall–Kier alpha value is -3.48. The Morgan fingerprint density at radius 2 is 1.62 bits per heavy atom. The number of phenolic OH excluding ortho intramolecular Hbond substituents is 1. The summed E-state index contributed by atoms with van der Waals surface area (Å²) < 4.78 is 15.8. The van der Waals surface area contributed by atoms with Gasteiger partial charge in [0.25, 0.3) is 0 Å². The zero-order valence-electron chi connectivity index (χ0n) is 14.5. The zero-order valence-corrected chi connectivity index (χ0v) is 14.5. The lowest BCUT2D eigenvalue weighted by Crippen LogP contribution is -2.21. The molecule has 0 aliphatic heterocycles. The van der Waals surface area contributed by atoms with Crippen LogP contribution in [0.15, 0.2) is 42.1 Å². The van der Waals surface area contributed by atoms with Gasteiger partial charge in [-0.3, -0.25) is 9.59 Å². The quantitative estimate of drug-likeness (QED) is 0.852. The molecule has 0 amide bonds. The summed E-state index contributed by atoms with van der Waals surface area (Å²) in [5.41, 5.74) is 0.721. The van der Waals surface area contributed by atoms with Crippen molar-refractivity contribution in [1.29, 1.82) is 0 Å². The molecule has 134 valence electrons. The Bertz CT molecular complexity index is 907. The van der Waals surface area contributed by atoms with Gasteiger partial charge in [-0.2, -0.15) is 0 Å². The van der Waals surface area contributed by atoms with Crippen LogP contribution < -0.4 is 19.5 Å². The molecule has 0 bridgehead atoms. The van der Waals surface area contributed by atoms with E-state index in [1.54, 1.807) is 12.1 Å². The molecule has 7 nitrogen and oxygen atoms in total. The van der Waals surface area contributed by atoms with Crippen LogP contribution >= 0.6 is 0 Å². The number of Topliss-reactive ketones (excluding diaryl/α,β-unsaturated/α-hetero) is 1. The van der Waals surface area contributed by atoms with Crippen LogP contribution in [0.2, 0.25) is 0 Å². The Kier molecular flexibility index (Phi) is 4.53. The average molecular weight is 355 g/mol. The highest BCUT2D eigenvalue weighted by molar-refractivity contribution is 6.26. The third-order valence-corrected chi connectivity index (χ3v) is 4.00. The minimum absolute atomic E-state index is 0.00735. The maximum Gasteiger partial charge on any atom is 0.210 e. The van der Waals surface area contributed by atoms with E-state index >= 15 is 0 Å². The topological polar surface area (TPSA) is 94.1 Å². The van der Waals surface area contributed by atoms with Gasteiger partial charge in [0.05, 0.1) is 32.6 Å². The van der Waals surface area contributed by atoms with E-state index in [0.29, 0.717) is 22.9 Å². The average Bonchev–Trinajstić information content (AvgIpc) is 2.64. The highest BCUT2D eigenvalue weighted by Crippen LogP contribution is 2.40. The molecule has 0 heterocycles. The fourth-order valence-electron chi connectivity index (χ4n) is 2.80. The monoisotopic (exact) mass is 355 g/mol. The van der Waals surface area contributed by atoms with Crippen molar-refractivity contribution >= 4 is 17.3 Å². The molecule has 0 unspecified atom stereocenters. The van der Waals surface area contributed by atoms with E-state index in [2.05, 4.69) is 5.32 Å². The first-order valence-corrected chi connectivity index (χ1v) is 7.70. The lowest BCUT2D eigenvalue weighted by Gasteiger charge is -2.19. The molecule has 0 aromatic heterocycles. The number of aromatic hydroxyl groups is 1. The van der Waals surface area contributed by atoms with E-state index in [1.165, 1.54) is 39.5 Å². The molecule has 7 heteroatoms. The third-order valence-electron chi connectivity index (χ3n) is 4.00. The smallest absolute Gasteiger partial charge is 0.210 e. The van der Waals surface area contributed by atoms with Crippen LogP contribution in [-0.4, -0.2) is 38.0 Å². The summed E-state index contributed by atoms with van der Waals surface area (Å²) in [5, 5.41) is 12.8. The minimum atomic E-state index is -0.451. The number of carbonyl (C=O) groups excluding carboxylic acids is 2. The lowest BCUT2D eigenvalue weighted by molar-refractivity contribution is 0.0983. The van der Waals surface area contributed by atoms with Gasteiger partial charge in [-0.05, 0) is 12.1 Å². The van der Waals surface area contributed by atoms with Gasteiger partial charge in [-0.25, -0.2) is 0 Å². The predicted molar refractivity (Wildman–Crippen MR) is 94.6 cm³/mol. The van der Waals surface area contributed by atoms with Crippen LogP contribution in [-0.2, 0) is 0 Å². The number of fused-ring (bicyclic) bond motifs is 1. The Morgan fingerprint density at radius 3 is 2.19 bits per heavy atom. The first-order chi connectivity index (χ1) is 12.5. The SMILES string of the molecule is COc1cc(NC2=CC(=O)c3c(O)cccc3C2=O)cc(OC)c1OC. The number of methoxy groups -OCH3 is 3. The molecule has 0 atom stereocenters. The lowest BCUT2D eigenvalue weighted by atomic mass is 9.92. The number of ketones is 2. The molecule has 3 rings (SSSR count). The number of nitrogens with one attached hydrogen (secondary N) is 1. The molecule has 0 saturated heterocycles. The Balaban J connectivity index is 2.00. The van der Waals surface area contributed by atoms with Gasteiger partial charge in [-0.15, -0.1) is 0 Å². The maximum atomic E-state index is 12.7. The summed E-state index contributed by atoms with van der Waals surface area (Å²) in [5.74, 6) is 0.154. The number of rotatable bonds is 5. The van der Waals surface area contributed by atoms with Crippen molar-refractivity contribution in [3.8, 4) is 23.0 Å². The summed E-state index contributed by atoms with van der Waals surface area (Å²) >= 11 is 0. The second-order valence-electron chi connectivity index (χ2n) is 5.49. The third kappa shape index (κ3) is 2.83. The van der Waals surface area contributed by atoms with Crippen LogP contribution in [0.25, 0.3) is 0 Å². The molecular formula is C19H17NO6. The number of carbonyl (C=O) groups is 2. The number of allylic oxidation sites excluding steroid dienone is 2. The molecule has 0 radical (unpaired) electrons. The van der Waals surface area contributed by atoms with Gasteiger partial charge >= 0.3 is 0 Å².